The van der Waals surface area contributed by atoms with Crippen LogP contribution in [-0.4, -0.2) is 23.8 Å². The number of para-hydroxylation sites is 1. The number of rotatable bonds is 8. The predicted molar refractivity (Wildman–Crippen MR) is 121 cm³/mol. The van der Waals surface area contributed by atoms with Crippen LogP contribution in [0.3, 0.4) is 0 Å². The molecule has 0 bridgehead atoms. The zero-order valence-corrected chi connectivity index (χ0v) is 17.9. The van der Waals surface area contributed by atoms with Crippen molar-refractivity contribution in [1.82, 2.24) is 5.43 Å². The zero-order chi connectivity index (χ0) is 22.2. The number of aryl methyl sites for hydroxylation is 2. The smallest absolute Gasteiger partial charge is 0.275 e. The Balaban J connectivity index is 1.69. The van der Waals surface area contributed by atoms with Crippen molar-refractivity contribution in [3.8, 4) is 17.2 Å². The Kier molecular flexibility index (Phi) is 7.27. The van der Waals surface area contributed by atoms with Gasteiger partial charge in [-0.1, -0.05) is 35.9 Å². The van der Waals surface area contributed by atoms with Gasteiger partial charge in [-0.05, 0) is 67.8 Å². The molecule has 1 amide bonds. The number of hydrogen-bond donors (Lipinski definition) is 2. The third-order valence-electron chi connectivity index (χ3n) is 4.68. The molecule has 3 aromatic rings. The molecule has 31 heavy (non-hydrogen) atoms. The maximum Gasteiger partial charge on any atom is 0.275 e. The van der Waals surface area contributed by atoms with Crippen molar-refractivity contribution >= 4 is 12.1 Å². The van der Waals surface area contributed by atoms with Gasteiger partial charge in [0.2, 0.25) is 0 Å². The van der Waals surface area contributed by atoms with Gasteiger partial charge in [0.05, 0.1) is 18.4 Å². The maximum absolute atomic E-state index is 12.1. The molecule has 3 aromatic carbocycles. The number of nitrogens with one attached hydrogen (secondary N) is 1. The number of phenolic OH excluding ortho intramolecular Hbond substituents is 1. The standard InChI is InChI=1S/C25H26N2O4/c1-4-30-24-14-19(15-26-27-25(29)21-7-5-6-8-22(21)28)11-12-23(24)31-16-20-13-17(2)9-10-18(20)3/h5-15,28H,4,16H2,1-3H3,(H,27,29)/b26-15-. The predicted octanol–water partition coefficient (Wildman–Crippen LogP) is 4.75. The van der Waals surface area contributed by atoms with Gasteiger partial charge in [0, 0.05) is 0 Å². The Morgan fingerprint density at radius 3 is 2.61 bits per heavy atom. The first kappa shape index (κ1) is 21.9. The fourth-order valence-corrected chi connectivity index (χ4v) is 3.00. The summed E-state index contributed by atoms with van der Waals surface area (Å²) in [6.45, 7) is 6.95. The summed E-state index contributed by atoms with van der Waals surface area (Å²) >= 11 is 0. The highest BCUT2D eigenvalue weighted by molar-refractivity contribution is 5.97. The van der Waals surface area contributed by atoms with Gasteiger partial charge >= 0.3 is 0 Å². The Morgan fingerprint density at radius 2 is 1.84 bits per heavy atom. The number of carbonyl (C=O) groups is 1. The molecule has 2 N–H and O–H groups in total. The van der Waals surface area contributed by atoms with Crippen LogP contribution >= 0.6 is 0 Å². The van der Waals surface area contributed by atoms with Crippen LogP contribution < -0.4 is 14.9 Å². The molecule has 0 aliphatic carbocycles. The molecule has 0 aromatic heterocycles. The van der Waals surface area contributed by atoms with Gasteiger partial charge in [-0.2, -0.15) is 5.10 Å². The number of hydrazone groups is 1. The van der Waals surface area contributed by atoms with Gasteiger partial charge in [-0.3, -0.25) is 4.79 Å². The van der Waals surface area contributed by atoms with E-state index < -0.39 is 5.91 Å². The Labute approximate surface area is 182 Å². The lowest BCUT2D eigenvalue weighted by atomic mass is 10.1. The highest BCUT2D eigenvalue weighted by Gasteiger charge is 2.10. The van der Waals surface area contributed by atoms with E-state index in [4.69, 9.17) is 9.47 Å². The quantitative estimate of drug-likeness (QED) is 0.409. The number of phenols is 1. The summed E-state index contributed by atoms with van der Waals surface area (Å²) in [6.07, 6.45) is 1.51. The van der Waals surface area contributed by atoms with Crippen LogP contribution in [0, 0.1) is 13.8 Å². The van der Waals surface area contributed by atoms with Crippen molar-refractivity contribution in [1.29, 1.82) is 0 Å². The molecular formula is C25H26N2O4. The van der Waals surface area contributed by atoms with Crippen LogP contribution in [0.1, 0.15) is 39.5 Å². The highest BCUT2D eigenvalue weighted by atomic mass is 16.5. The van der Waals surface area contributed by atoms with Gasteiger partial charge in [-0.15, -0.1) is 0 Å². The lowest BCUT2D eigenvalue weighted by Crippen LogP contribution is -2.17. The first-order valence-electron chi connectivity index (χ1n) is 10.0. The van der Waals surface area contributed by atoms with Crippen molar-refractivity contribution in [3.63, 3.8) is 0 Å². The monoisotopic (exact) mass is 418 g/mol. The first-order valence-corrected chi connectivity index (χ1v) is 10.0. The molecule has 6 heteroatoms. The minimum absolute atomic E-state index is 0.0980. The van der Waals surface area contributed by atoms with E-state index in [1.165, 1.54) is 29.5 Å². The van der Waals surface area contributed by atoms with Crippen molar-refractivity contribution in [2.75, 3.05) is 6.61 Å². The van der Waals surface area contributed by atoms with E-state index in [1.54, 1.807) is 18.2 Å². The molecule has 6 nitrogen and oxygen atoms in total. The van der Waals surface area contributed by atoms with Gasteiger partial charge in [0.1, 0.15) is 12.4 Å². The van der Waals surface area contributed by atoms with E-state index in [2.05, 4.69) is 42.6 Å². The normalized spacial score (nSPS) is 10.8. The Bertz CT molecular complexity index is 1090. The van der Waals surface area contributed by atoms with E-state index in [0.29, 0.717) is 24.7 Å². The number of nitrogens with zero attached hydrogens (tertiary/aromatic N) is 1. The summed E-state index contributed by atoms with van der Waals surface area (Å²) in [5.41, 5.74) is 6.79. The molecule has 160 valence electrons. The van der Waals surface area contributed by atoms with Crippen LogP contribution in [0.15, 0.2) is 65.8 Å². The number of aromatic hydroxyl groups is 1. The fraction of sp³-hybridized carbons (Fsp3) is 0.200. The number of carbonyl (C=O) groups excluding carboxylic acids is 1. The van der Waals surface area contributed by atoms with Crippen molar-refractivity contribution < 1.29 is 19.4 Å². The second kappa shape index (κ2) is 10.3. The SMILES string of the molecule is CCOc1cc(/C=N\NC(=O)c2ccccc2O)ccc1OCc1cc(C)ccc1C. The third-order valence-corrected chi connectivity index (χ3v) is 4.68. The van der Waals surface area contributed by atoms with Gasteiger partial charge in [0.15, 0.2) is 11.5 Å². The molecule has 0 saturated heterocycles. The van der Waals surface area contributed by atoms with E-state index >= 15 is 0 Å². The maximum atomic E-state index is 12.1. The van der Waals surface area contributed by atoms with E-state index in [9.17, 15) is 9.90 Å². The Morgan fingerprint density at radius 1 is 1.03 bits per heavy atom. The van der Waals surface area contributed by atoms with Crippen LogP contribution in [0.25, 0.3) is 0 Å². The summed E-state index contributed by atoms with van der Waals surface area (Å²) in [4.78, 5) is 12.1. The van der Waals surface area contributed by atoms with E-state index in [0.717, 1.165) is 11.1 Å². The summed E-state index contributed by atoms with van der Waals surface area (Å²) < 4.78 is 11.7. The largest absolute Gasteiger partial charge is 0.507 e. The number of ether oxygens (including phenoxy) is 2. The van der Waals surface area contributed by atoms with Crippen LogP contribution in [-0.2, 0) is 6.61 Å². The van der Waals surface area contributed by atoms with Crippen molar-refractivity contribution in [2.24, 2.45) is 5.10 Å². The van der Waals surface area contributed by atoms with Gasteiger partial charge in [0.25, 0.3) is 5.91 Å². The molecular weight excluding hydrogens is 392 g/mol. The minimum atomic E-state index is -0.493. The van der Waals surface area contributed by atoms with Gasteiger partial charge < -0.3 is 14.6 Å². The molecule has 0 heterocycles. The first-order chi connectivity index (χ1) is 15.0. The number of amides is 1. The minimum Gasteiger partial charge on any atom is -0.507 e. The van der Waals surface area contributed by atoms with E-state index in [1.807, 2.05) is 19.1 Å². The molecule has 0 unspecified atom stereocenters. The molecule has 0 radical (unpaired) electrons. The second-order valence-corrected chi connectivity index (χ2v) is 7.07. The number of hydrogen-bond acceptors (Lipinski definition) is 5. The lowest BCUT2D eigenvalue weighted by molar-refractivity contribution is 0.0952. The summed E-state index contributed by atoms with van der Waals surface area (Å²) in [5.74, 6) is 0.647. The average Bonchev–Trinajstić information content (AvgIpc) is 2.76. The Hall–Kier alpha value is -3.80. The van der Waals surface area contributed by atoms with Crippen molar-refractivity contribution in [2.45, 2.75) is 27.4 Å². The second-order valence-electron chi connectivity index (χ2n) is 7.07. The molecule has 0 spiro atoms. The van der Waals surface area contributed by atoms with Crippen LogP contribution in [0.2, 0.25) is 0 Å². The molecule has 0 aliphatic heterocycles. The third kappa shape index (κ3) is 5.85. The summed E-state index contributed by atoms with van der Waals surface area (Å²) in [6, 6.07) is 18.0. The topological polar surface area (TPSA) is 80.2 Å². The summed E-state index contributed by atoms with van der Waals surface area (Å²) in [7, 11) is 0. The molecule has 0 atom stereocenters. The average molecular weight is 418 g/mol. The van der Waals surface area contributed by atoms with Crippen LogP contribution in [0.4, 0.5) is 0 Å². The molecule has 0 saturated carbocycles. The number of benzene rings is 3. The van der Waals surface area contributed by atoms with Gasteiger partial charge in [-0.25, -0.2) is 5.43 Å². The molecule has 0 aliphatic rings. The summed E-state index contributed by atoms with van der Waals surface area (Å²) in [5, 5.41) is 13.7. The zero-order valence-electron chi connectivity index (χ0n) is 17.9. The van der Waals surface area contributed by atoms with E-state index in [-0.39, 0.29) is 11.3 Å². The highest BCUT2D eigenvalue weighted by Crippen LogP contribution is 2.29. The lowest BCUT2D eigenvalue weighted by Gasteiger charge is -2.14. The molecule has 0 fully saturated rings. The molecule has 3 rings (SSSR count). The fourth-order valence-electron chi connectivity index (χ4n) is 3.00. The van der Waals surface area contributed by atoms with Crippen molar-refractivity contribution in [3.05, 3.63) is 88.5 Å². The van der Waals surface area contributed by atoms with Crippen LogP contribution in [0.5, 0.6) is 17.2 Å².